The molecule has 1 fully saturated rings. The highest BCUT2D eigenvalue weighted by atomic mass is 35.5. The van der Waals surface area contributed by atoms with Crippen LogP contribution >= 0.6 is 11.6 Å². The third kappa shape index (κ3) is 2.04. The standard InChI is InChI=1S/C13H17ClO/c1-3-9(2)11-5-4-10(8-12(11)14)13(15)6-7-13/h4-5,8-9,15H,3,6-7H2,1-2H3. The minimum Gasteiger partial charge on any atom is -0.385 e. The van der Waals surface area contributed by atoms with Crippen molar-refractivity contribution < 1.29 is 5.11 Å². The SMILES string of the molecule is CCC(C)c1ccc(C2(O)CC2)cc1Cl. The maximum absolute atomic E-state index is 9.95. The number of aliphatic hydroxyl groups is 1. The number of benzene rings is 1. The molecule has 2 rings (SSSR count). The molecule has 82 valence electrons. The molecule has 0 aromatic heterocycles. The molecule has 0 aliphatic heterocycles. The second-order valence-electron chi connectivity index (χ2n) is 4.58. The Morgan fingerprint density at radius 2 is 2.13 bits per heavy atom. The Bertz CT molecular complexity index is 369. The summed E-state index contributed by atoms with van der Waals surface area (Å²) in [5.74, 6) is 0.486. The van der Waals surface area contributed by atoms with Gasteiger partial charge >= 0.3 is 0 Å². The van der Waals surface area contributed by atoms with E-state index in [2.05, 4.69) is 19.9 Å². The molecule has 0 spiro atoms. The van der Waals surface area contributed by atoms with E-state index < -0.39 is 5.60 Å². The summed E-state index contributed by atoms with van der Waals surface area (Å²) in [7, 11) is 0. The van der Waals surface area contributed by atoms with Gasteiger partial charge in [-0.05, 0) is 42.4 Å². The molecule has 0 saturated heterocycles. The minimum atomic E-state index is -0.572. The monoisotopic (exact) mass is 224 g/mol. The summed E-state index contributed by atoms with van der Waals surface area (Å²) in [4.78, 5) is 0. The van der Waals surface area contributed by atoms with Crippen molar-refractivity contribution in [1.29, 1.82) is 0 Å². The van der Waals surface area contributed by atoms with Gasteiger partial charge in [-0.25, -0.2) is 0 Å². The number of hydrogen-bond donors (Lipinski definition) is 1. The van der Waals surface area contributed by atoms with Crippen LogP contribution in [0.15, 0.2) is 18.2 Å². The van der Waals surface area contributed by atoms with Crippen molar-refractivity contribution in [1.82, 2.24) is 0 Å². The van der Waals surface area contributed by atoms with Gasteiger partial charge in [0.15, 0.2) is 0 Å². The highest BCUT2D eigenvalue weighted by Crippen LogP contribution is 2.46. The summed E-state index contributed by atoms with van der Waals surface area (Å²) in [5, 5.41) is 10.7. The van der Waals surface area contributed by atoms with Crippen molar-refractivity contribution in [2.75, 3.05) is 0 Å². The van der Waals surface area contributed by atoms with E-state index >= 15 is 0 Å². The number of hydrogen-bond acceptors (Lipinski definition) is 1. The molecule has 1 aliphatic carbocycles. The third-order valence-electron chi connectivity index (χ3n) is 3.40. The van der Waals surface area contributed by atoms with Crippen LogP contribution in [0.25, 0.3) is 0 Å². The average molecular weight is 225 g/mol. The Balaban J connectivity index is 2.30. The molecule has 1 saturated carbocycles. The summed E-state index contributed by atoms with van der Waals surface area (Å²) < 4.78 is 0. The first-order valence-electron chi connectivity index (χ1n) is 5.59. The molecule has 1 nitrogen and oxygen atoms in total. The molecule has 0 radical (unpaired) electrons. The van der Waals surface area contributed by atoms with Crippen LogP contribution in [0.1, 0.15) is 50.2 Å². The highest BCUT2D eigenvalue weighted by molar-refractivity contribution is 6.31. The van der Waals surface area contributed by atoms with Crippen LogP contribution in [0.2, 0.25) is 5.02 Å². The van der Waals surface area contributed by atoms with Crippen molar-refractivity contribution in [3.8, 4) is 0 Å². The van der Waals surface area contributed by atoms with Crippen molar-refractivity contribution in [3.63, 3.8) is 0 Å². The lowest BCUT2D eigenvalue weighted by Gasteiger charge is -2.14. The molecule has 1 aromatic rings. The Hall–Kier alpha value is -0.530. The Morgan fingerprint density at radius 1 is 1.47 bits per heavy atom. The fraction of sp³-hybridized carbons (Fsp3) is 0.538. The summed E-state index contributed by atoms with van der Waals surface area (Å²) >= 11 is 6.23. The highest BCUT2D eigenvalue weighted by Gasteiger charge is 2.42. The fourth-order valence-corrected chi connectivity index (χ4v) is 2.21. The van der Waals surface area contributed by atoms with Gasteiger partial charge in [0.1, 0.15) is 0 Å². The maximum atomic E-state index is 9.95. The molecular formula is C13H17ClO. The lowest BCUT2D eigenvalue weighted by atomic mass is 9.96. The van der Waals surface area contributed by atoms with E-state index in [0.29, 0.717) is 5.92 Å². The van der Waals surface area contributed by atoms with Crippen molar-refractivity contribution in [2.45, 2.75) is 44.6 Å². The normalized spacial score (nSPS) is 20.0. The van der Waals surface area contributed by atoms with Gasteiger partial charge in [0, 0.05) is 5.02 Å². The Kier molecular flexibility index (Phi) is 2.78. The van der Waals surface area contributed by atoms with Gasteiger partial charge in [0.05, 0.1) is 5.60 Å². The minimum absolute atomic E-state index is 0.486. The van der Waals surface area contributed by atoms with Gasteiger partial charge in [-0.1, -0.05) is 37.6 Å². The fourth-order valence-electron chi connectivity index (χ4n) is 1.84. The van der Waals surface area contributed by atoms with Crippen LogP contribution in [-0.2, 0) is 5.60 Å². The molecule has 1 unspecified atom stereocenters. The lowest BCUT2D eigenvalue weighted by Crippen LogP contribution is -2.05. The maximum Gasteiger partial charge on any atom is 0.0899 e. The van der Waals surface area contributed by atoms with E-state index in [1.165, 1.54) is 5.56 Å². The first-order chi connectivity index (χ1) is 7.07. The first kappa shape index (κ1) is 11.0. The number of rotatable bonds is 3. The molecule has 2 heteroatoms. The molecule has 1 aromatic carbocycles. The molecule has 0 bridgehead atoms. The second-order valence-corrected chi connectivity index (χ2v) is 4.98. The van der Waals surface area contributed by atoms with Gasteiger partial charge in [-0.2, -0.15) is 0 Å². The van der Waals surface area contributed by atoms with Crippen LogP contribution in [-0.4, -0.2) is 5.11 Å². The van der Waals surface area contributed by atoms with Crippen molar-refractivity contribution in [2.24, 2.45) is 0 Å². The predicted molar refractivity (Wildman–Crippen MR) is 63.3 cm³/mol. The van der Waals surface area contributed by atoms with Crippen LogP contribution in [0.3, 0.4) is 0 Å². The van der Waals surface area contributed by atoms with E-state index in [1.807, 2.05) is 12.1 Å². The summed E-state index contributed by atoms with van der Waals surface area (Å²) in [6.45, 7) is 4.33. The zero-order chi connectivity index (χ0) is 11.1. The Labute approximate surface area is 96.1 Å². The molecule has 1 N–H and O–H groups in total. The van der Waals surface area contributed by atoms with Crippen molar-refractivity contribution in [3.05, 3.63) is 34.3 Å². The van der Waals surface area contributed by atoms with Gasteiger partial charge in [0.2, 0.25) is 0 Å². The molecule has 15 heavy (non-hydrogen) atoms. The van der Waals surface area contributed by atoms with Gasteiger partial charge < -0.3 is 5.11 Å². The third-order valence-corrected chi connectivity index (χ3v) is 3.73. The van der Waals surface area contributed by atoms with Crippen molar-refractivity contribution >= 4 is 11.6 Å². The van der Waals surface area contributed by atoms with Gasteiger partial charge in [-0.15, -0.1) is 0 Å². The quantitative estimate of drug-likeness (QED) is 0.827. The molecule has 1 atom stereocenters. The average Bonchev–Trinajstić information content (AvgIpc) is 2.96. The summed E-state index contributed by atoms with van der Waals surface area (Å²) in [5.41, 5.74) is 1.59. The first-order valence-corrected chi connectivity index (χ1v) is 5.97. The van der Waals surface area contributed by atoms with E-state index in [9.17, 15) is 5.11 Å². The second kappa shape index (κ2) is 3.80. The van der Waals surface area contributed by atoms with Gasteiger partial charge in [-0.3, -0.25) is 0 Å². The van der Waals surface area contributed by atoms with E-state index in [0.717, 1.165) is 29.8 Å². The van der Waals surface area contributed by atoms with Crippen LogP contribution in [0, 0.1) is 0 Å². The zero-order valence-electron chi connectivity index (χ0n) is 9.26. The zero-order valence-corrected chi connectivity index (χ0v) is 10.0. The topological polar surface area (TPSA) is 20.2 Å². The molecule has 0 heterocycles. The smallest absolute Gasteiger partial charge is 0.0899 e. The molecular weight excluding hydrogens is 208 g/mol. The van der Waals surface area contributed by atoms with Crippen LogP contribution < -0.4 is 0 Å². The van der Waals surface area contributed by atoms with E-state index in [4.69, 9.17) is 11.6 Å². The number of halogens is 1. The van der Waals surface area contributed by atoms with Crippen LogP contribution in [0.4, 0.5) is 0 Å². The molecule has 1 aliphatic rings. The Morgan fingerprint density at radius 3 is 2.60 bits per heavy atom. The largest absolute Gasteiger partial charge is 0.385 e. The van der Waals surface area contributed by atoms with E-state index in [1.54, 1.807) is 0 Å². The summed E-state index contributed by atoms with van der Waals surface area (Å²) in [6.07, 6.45) is 2.82. The molecule has 0 amide bonds. The summed E-state index contributed by atoms with van der Waals surface area (Å²) in [6, 6.07) is 6.00. The van der Waals surface area contributed by atoms with Crippen LogP contribution in [0.5, 0.6) is 0 Å². The predicted octanol–water partition coefficient (Wildman–Crippen LogP) is 3.83. The van der Waals surface area contributed by atoms with E-state index in [-0.39, 0.29) is 0 Å². The lowest BCUT2D eigenvalue weighted by molar-refractivity contribution is 0.151. The van der Waals surface area contributed by atoms with Gasteiger partial charge in [0.25, 0.3) is 0 Å².